The number of benzene rings is 1. The van der Waals surface area contributed by atoms with Crippen LogP contribution in [0.5, 0.6) is 0 Å². The summed E-state index contributed by atoms with van der Waals surface area (Å²) >= 11 is 3.29. The number of hydrogen-bond acceptors (Lipinski definition) is 3. The Morgan fingerprint density at radius 1 is 1.53 bits per heavy atom. The van der Waals surface area contributed by atoms with E-state index < -0.39 is 12.1 Å². The minimum Gasteiger partial charge on any atom is -0.478 e. The Morgan fingerprint density at radius 3 is 2.76 bits per heavy atom. The molecule has 0 radical (unpaired) electrons. The van der Waals surface area contributed by atoms with Crippen molar-refractivity contribution in [2.75, 3.05) is 18.1 Å². The molecule has 0 aromatic heterocycles. The number of aromatic carboxylic acids is 1. The van der Waals surface area contributed by atoms with E-state index in [0.717, 1.165) is 0 Å². The standard InChI is InChI=1S/C11H10BrNO4/c1-6-8(10(14)15)4-7(5-9(6)12)13-2-3-17-11(13)16/h4-5H,2-3H2,1H3,(H,14,15). The first-order chi connectivity index (χ1) is 8.00. The normalized spacial score (nSPS) is 14.9. The second kappa shape index (κ2) is 4.37. The zero-order valence-electron chi connectivity index (χ0n) is 9.07. The molecular weight excluding hydrogens is 290 g/mol. The molecule has 1 fully saturated rings. The smallest absolute Gasteiger partial charge is 0.414 e. The van der Waals surface area contributed by atoms with Gasteiger partial charge in [-0.2, -0.15) is 0 Å². The number of carbonyl (C=O) groups is 2. The van der Waals surface area contributed by atoms with Gasteiger partial charge in [0.05, 0.1) is 12.1 Å². The lowest BCUT2D eigenvalue weighted by molar-refractivity contribution is 0.0696. The minimum atomic E-state index is -1.02. The van der Waals surface area contributed by atoms with E-state index in [4.69, 9.17) is 9.84 Å². The van der Waals surface area contributed by atoms with Crippen LogP contribution in [0.4, 0.5) is 10.5 Å². The highest BCUT2D eigenvalue weighted by Gasteiger charge is 2.25. The largest absolute Gasteiger partial charge is 0.478 e. The third-order valence-electron chi connectivity index (χ3n) is 2.63. The van der Waals surface area contributed by atoms with E-state index >= 15 is 0 Å². The summed E-state index contributed by atoms with van der Waals surface area (Å²) in [5.41, 5.74) is 1.34. The third-order valence-corrected chi connectivity index (χ3v) is 3.46. The lowest BCUT2D eigenvalue weighted by atomic mass is 10.1. The number of cyclic esters (lactones) is 1. The fourth-order valence-electron chi connectivity index (χ4n) is 1.67. The molecule has 1 aromatic carbocycles. The van der Waals surface area contributed by atoms with Crippen molar-refractivity contribution in [1.29, 1.82) is 0 Å². The molecule has 1 heterocycles. The summed E-state index contributed by atoms with van der Waals surface area (Å²) in [5, 5.41) is 9.07. The molecule has 1 N–H and O–H groups in total. The van der Waals surface area contributed by atoms with Gasteiger partial charge in [0.2, 0.25) is 0 Å². The van der Waals surface area contributed by atoms with Crippen molar-refractivity contribution in [3.05, 3.63) is 27.7 Å². The SMILES string of the molecule is Cc1c(Br)cc(N2CCOC2=O)cc1C(=O)O. The number of anilines is 1. The molecule has 0 saturated carbocycles. The predicted octanol–water partition coefficient (Wildman–Crippen LogP) is 2.41. The average Bonchev–Trinajstić information content (AvgIpc) is 2.68. The molecule has 2 rings (SSSR count). The zero-order chi connectivity index (χ0) is 12.6. The number of carboxylic acid groups (broad SMARTS) is 1. The van der Waals surface area contributed by atoms with E-state index in [2.05, 4.69) is 15.9 Å². The second-order valence-electron chi connectivity index (χ2n) is 3.67. The van der Waals surface area contributed by atoms with Crippen LogP contribution in [0.3, 0.4) is 0 Å². The predicted molar refractivity (Wildman–Crippen MR) is 64.5 cm³/mol. The van der Waals surface area contributed by atoms with Crippen molar-refractivity contribution in [3.8, 4) is 0 Å². The number of nitrogens with zero attached hydrogens (tertiary/aromatic N) is 1. The lowest BCUT2D eigenvalue weighted by Crippen LogP contribution is -2.23. The van der Waals surface area contributed by atoms with Crippen molar-refractivity contribution in [3.63, 3.8) is 0 Å². The molecule has 1 aromatic rings. The molecule has 90 valence electrons. The minimum absolute atomic E-state index is 0.175. The van der Waals surface area contributed by atoms with Crippen LogP contribution in [0.15, 0.2) is 16.6 Å². The first-order valence-electron chi connectivity index (χ1n) is 4.98. The molecule has 1 amide bonds. The van der Waals surface area contributed by atoms with Crippen LogP contribution in [-0.4, -0.2) is 30.3 Å². The van der Waals surface area contributed by atoms with Crippen LogP contribution in [0.25, 0.3) is 0 Å². The average molecular weight is 300 g/mol. The summed E-state index contributed by atoms with van der Waals surface area (Å²) < 4.78 is 5.47. The molecule has 0 bridgehead atoms. The lowest BCUT2D eigenvalue weighted by Gasteiger charge is -2.15. The number of halogens is 1. The number of carboxylic acids is 1. The fourth-order valence-corrected chi connectivity index (χ4v) is 2.12. The Hall–Kier alpha value is -1.56. The highest BCUT2D eigenvalue weighted by molar-refractivity contribution is 9.10. The molecule has 1 aliphatic heterocycles. The third kappa shape index (κ3) is 2.12. The van der Waals surface area contributed by atoms with Crippen LogP contribution in [0.2, 0.25) is 0 Å². The van der Waals surface area contributed by atoms with Crippen molar-refractivity contribution in [2.45, 2.75) is 6.92 Å². The van der Waals surface area contributed by atoms with Crippen LogP contribution in [-0.2, 0) is 4.74 Å². The highest BCUT2D eigenvalue weighted by Crippen LogP contribution is 2.28. The number of carbonyl (C=O) groups excluding carboxylic acids is 1. The van der Waals surface area contributed by atoms with Gasteiger partial charge in [-0.15, -0.1) is 0 Å². The Labute approximate surface area is 106 Å². The number of amides is 1. The molecule has 5 nitrogen and oxygen atoms in total. The van der Waals surface area contributed by atoms with Gasteiger partial charge in [-0.3, -0.25) is 4.90 Å². The van der Waals surface area contributed by atoms with Gasteiger partial charge in [-0.1, -0.05) is 15.9 Å². The summed E-state index contributed by atoms with van der Waals surface area (Å²) in [6.45, 7) is 2.47. The summed E-state index contributed by atoms with van der Waals surface area (Å²) in [6, 6.07) is 3.20. The van der Waals surface area contributed by atoms with E-state index in [1.54, 1.807) is 13.0 Å². The maximum atomic E-state index is 11.4. The highest BCUT2D eigenvalue weighted by atomic mass is 79.9. The molecule has 17 heavy (non-hydrogen) atoms. The monoisotopic (exact) mass is 299 g/mol. The fraction of sp³-hybridized carbons (Fsp3) is 0.273. The maximum absolute atomic E-state index is 11.4. The second-order valence-corrected chi connectivity index (χ2v) is 4.53. The van der Waals surface area contributed by atoms with Gasteiger partial charge in [0.1, 0.15) is 6.61 Å². The number of hydrogen-bond donors (Lipinski definition) is 1. The Bertz CT molecular complexity index is 500. The van der Waals surface area contributed by atoms with Crippen molar-refractivity contribution < 1.29 is 19.4 Å². The van der Waals surface area contributed by atoms with Gasteiger partial charge < -0.3 is 9.84 Å². The Kier molecular flexibility index (Phi) is 3.06. The summed E-state index contributed by atoms with van der Waals surface area (Å²) in [7, 11) is 0. The van der Waals surface area contributed by atoms with Crippen molar-refractivity contribution in [1.82, 2.24) is 0 Å². The van der Waals surface area contributed by atoms with Gasteiger partial charge in [0, 0.05) is 10.2 Å². The number of ether oxygens (including phenoxy) is 1. The molecule has 1 saturated heterocycles. The van der Waals surface area contributed by atoms with E-state index in [0.29, 0.717) is 28.9 Å². The van der Waals surface area contributed by atoms with Crippen LogP contribution in [0, 0.1) is 6.92 Å². The Morgan fingerprint density at radius 2 is 2.24 bits per heavy atom. The van der Waals surface area contributed by atoms with E-state index in [1.807, 2.05) is 0 Å². The van der Waals surface area contributed by atoms with Gasteiger partial charge in [-0.05, 0) is 24.6 Å². The molecule has 6 heteroatoms. The quantitative estimate of drug-likeness (QED) is 0.911. The molecule has 0 spiro atoms. The van der Waals surface area contributed by atoms with Crippen LogP contribution >= 0.6 is 15.9 Å². The summed E-state index contributed by atoms with van der Waals surface area (Å²) in [5.74, 6) is -1.02. The van der Waals surface area contributed by atoms with Gasteiger partial charge in [0.25, 0.3) is 0 Å². The van der Waals surface area contributed by atoms with Gasteiger partial charge in [-0.25, -0.2) is 9.59 Å². The van der Waals surface area contributed by atoms with E-state index in [9.17, 15) is 9.59 Å². The summed E-state index contributed by atoms with van der Waals surface area (Å²) in [4.78, 5) is 23.9. The van der Waals surface area contributed by atoms with Gasteiger partial charge >= 0.3 is 12.1 Å². The van der Waals surface area contributed by atoms with Crippen molar-refractivity contribution >= 4 is 33.7 Å². The summed E-state index contributed by atoms with van der Waals surface area (Å²) in [6.07, 6.45) is -0.447. The molecule has 0 aliphatic carbocycles. The first-order valence-corrected chi connectivity index (χ1v) is 5.77. The van der Waals surface area contributed by atoms with E-state index in [1.165, 1.54) is 11.0 Å². The number of rotatable bonds is 2. The van der Waals surface area contributed by atoms with Crippen LogP contribution < -0.4 is 4.90 Å². The molecule has 1 aliphatic rings. The van der Waals surface area contributed by atoms with E-state index in [-0.39, 0.29) is 5.56 Å². The topological polar surface area (TPSA) is 66.8 Å². The zero-order valence-corrected chi connectivity index (χ0v) is 10.7. The van der Waals surface area contributed by atoms with Gasteiger partial charge in [0.15, 0.2) is 0 Å². The molecule has 0 unspecified atom stereocenters. The molecular formula is C11H10BrNO4. The molecule has 0 atom stereocenters. The Balaban J connectivity index is 2.49. The maximum Gasteiger partial charge on any atom is 0.414 e. The van der Waals surface area contributed by atoms with Crippen molar-refractivity contribution in [2.24, 2.45) is 0 Å². The van der Waals surface area contributed by atoms with Crippen LogP contribution in [0.1, 0.15) is 15.9 Å². The first kappa shape index (κ1) is 11.9.